The number of ether oxygens (including phenoxy) is 1. The minimum absolute atomic E-state index is 0.00746. The molecule has 3 amide bonds. The van der Waals surface area contributed by atoms with E-state index in [-0.39, 0.29) is 35.4 Å². The molecule has 44 heavy (non-hydrogen) atoms. The van der Waals surface area contributed by atoms with Crippen molar-refractivity contribution in [1.82, 2.24) is 15.5 Å². The lowest BCUT2D eigenvalue weighted by Gasteiger charge is -2.25. The van der Waals surface area contributed by atoms with Crippen molar-refractivity contribution < 1.29 is 27.5 Å². The highest BCUT2D eigenvalue weighted by atomic mass is 32.2. The fourth-order valence-electron chi connectivity index (χ4n) is 4.70. The molecular formula is C30H30N6O6S2. The van der Waals surface area contributed by atoms with Gasteiger partial charge in [0.15, 0.2) is 5.17 Å². The average Bonchev–Trinajstić information content (AvgIpc) is 3.34. The summed E-state index contributed by atoms with van der Waals surface area (Å²) in [5.41, 5.74) is 2.92. The van der Waals surface area contributed by atoms with E-state index >= 15 is 0 Å². The number of nitrogens with two attached hydrogens (primary N) is 1. The van der Waals surface area contributed by atoms with Crippen molar-refractivity contribution in [3.8, 4) is 5.75 Å². The number of aliphatic imine (C=N–C) groups is 2. The molecule has 12 nitrogen and oxygen atoms in total. The number of carbonyl (C=O) groups excluding carboxylic acids is 3. The Morgan fingerprint density at radius 2 is 1.73 bits per heavy atom. The second-order valence-corrected chi connectivity index (χ2v) is 12.4. The molecule has 1 atom stereocenters. The zero-order chi connectivity index (χ0) is 31.3. The Morgan fingerprint density at radius 3 is 2.48 bits per heavy atom. The van der Waals surface area contributed by atoms with Gasteiger partial charge in [-0.05, 0) is 42.3 Å². The molecule has 0 fully saturated rings. The van der Waals surface area contributed by atoms with Crippen molar-refractivity contribution in [2.75, 3.05) is 19.4 Å². The number of nitrogens with zero attached hydrogens (tertiary/aromatic N) is 3. The highest BCUT2D eigenvalue weighted by Crippen LogP contribution is 2.34. The number of amidine groups is 2. The van der Waals surface area contributed by atoms with Gasteiger partial charge in [0.25, 0.3) is 5.91 Å². The third-order valence-electron chi connectivity index (χ3n) is 6.92. The molecule has 0 spiro atoms. The summed E-state index contributed by atoms with van der Waals surface area (Å²) in [6, 6.07) is 19.8. The first-order valence-corrected chi connectivity index (χ1v) is 16.2. The second-order valence-electron chi connectivity index (χ2n) is 9.92. The van der Waals surface area contributed by atoms with Gasteiger partial charge in [-0.15, -0.1) is 0 Å². The van der Waals surface area contributed by atoms with Gasteiger partial charge in [-0.2, -0.15) is 0 Å². The van der Waals surface area contributed by atoms with Crippen molar-refractivity contribution in [1.29, 1.82) is 0 Å². The maximum atomic E-state index is 13.5. The monoisotopic (exact) mass is 634 g/mol. The van der Waals surface area contributed by atoms with Crippen LogP contribution in [0.3, 0.4) is 0 Å². The molecule has 3 aromatic rings. The highest BCUT2D eigenvalue weighted by Gasteiger charge is 2.42. The fourth-order valence-corrected chi connectivity index (χ4v) is 6.04. The number of methoxy groups -OCH3 is 1. The predicted octanol–water partition coefficient (Wildman–Crippen LogP) is 2.10. The van der Waals surface area contributed by atoms with Crippen LogP contribution in [0.5, 0.6) is 5.75 Å². The van der Waals surface area contributed by atoms with Crippen LogP contribution in [0.4, 0.5) is 5.69 Å². The molecule has 1 unspecified atom stereocenters. The lowest BCUT2D eigenvalue weighted by molar-refractivity contribution is -0.128. The van der Waals surface area contributed by atoms with E-state index in [9.17, 15) is 22.8 Å². The summed E-state index contributed by atoms with van der Waals surface area (Å²) in [6.07, 6.45) is 0.338. The van der Waals surface area contributed by atoms with E-state index in [4.69, 9.17) is 9.88 Å². The number of benzene rings is 3. The molecule has 0 radical (unpaired) electrons. The van der Waals surface area contributed by atoms with Crippen LogP contribution in [0.25, 0.3) is 0 Å². The molecule has 5 rings (SSSR count). The lowest BCUT2D eigenvalue weighted by Crippen LogP contribution is -2.42. The van der Waals surface area contributed by atoms with E-state index in [1.165, 1.54) is 17.0 Å². The van der Waals surface area contributed by atoms with Gasteiger partial charge in [0.1, 0.15) is 17.6 Å². The van der Waals surface area contributed by atoms with Crippen LogP contribution in [0.2, 0.25) is 0 Å². The summed E-state index contributed by atoms with van der Waals surface area (Å²) in [5.74, 6) is 0.0450. The quantitative estimate of drug-likeness (QED) is 0.290. The Labute approximate surface area is 258 Å². The number of hydrogen-bond acceptors (Lipinski definition) is 9. The average molecular weight is 635 g/mol. The minimum atomic E-state index is -3.77. The fraction of sp³-hybridized carbons (Fsp3) is 0.233. The maximum absolute atomic E-state index is 13.5. The molecular weight excluding hydrogens is 605 g/mol. The Balaban J connectivity index is 1.19. The summed E-state index contributed by atoms with van der Waals surface area (Å²) in [4.78, 5) is 49.6. The molecule has 0 aromatic heterocycles. The molecule has 2 aliphatic heterocycles. The number of hydrogen-bond donors (Lipinski definition) is 3. The number of primary sulfonamides is 1. The SMILES string of the molecule is COc1ccccc1CNC(=O)CC1N=C2c3ccccc3N=C(SCC(=O)NCCc3ccc(S(N)(=O)=O)cc3)N2C1=O. The molecule has 0 saturated heterocycles. The molecule has 0 bridgehead atoms. The van der Waals surface area contributed by atoms with Crippen LogP contribution >= 0.6 is 11.8 Å². The Hall–Kier alpha value is -4.53. The van der Waals surface area contributed by atoms with Gasteiger partial charge in [-0.3, -0.25) is 19.4 Å². The van der Waals surface area contributed by atoms with Crippen molar-refractivity contribution in [3.63, 3.8) is 0 Å². The number of thioether (sulfide) groups is 1. The number of amides is 3. The van der Waals surface area contributed by atoms with Crippen molar-refractivity contribution in [3.05, 3.63) is 89.5 Å². The van der Waals surface area contributed by atoms with Crippen LogP contribution < -0.4 is 20.5 Å². The van der Waals surface area contributed by atoms with Gasteiger partial charge < -0.3 is 15.4 Å². The molecule has 3 aromatic carbocycles. The second kappa shape index (κ2) is 13.4. The van der Waals surface area contributed by atoms with Crippen LogP contribution in [-0.4, -0.2) is 67.5 Å². The van der Waals surface area contributed by atoms with Crippen molar-refractivity contribution in [2.45, 2.75) is 30.3 Å². The molecule has 0 saturated carbocycles. The topological polar surface area (TPSA) is 173 Å². The standard InChI is InChI=1S/C30H30N6O6S2/c1-42-25-9-5-2-6-20(25)17-33-26(37)16-24-29(39)36-28(34-24)22-7-3-4-8-23(22)35-30(36)43-18-27(38)32-15-14-19-10-12-21(13-11-19)44(31,40)41/h2-13,24H,14-18H2,1H3,(H,32,38)(H,33,37)(H2,31,40,41). The first-order valence-electron chi connectivity index (χ1n) is 13.6. The first kappa shape index (κ1) is 30.9. The van der Waals surface area contributed by atoms with Gasteiger partial charge in [0.05, 0.1) is 29.9 Å². The number of sulfonamides is 1. The molecule has 2 heterocycles. The van der Waals surface area contributed by atoms with Gasteiger partial charge >= 0.3 is 0 Å². The number of carbonyl (C=O) groups is 3. The van der Waals surface area contributed by atoms with Gasteiger partial charge in [0, 0.05) is 24.2 Å². The number of nitrogens with one attached hydrogen (secondary N) is 2. The third kappa shape index (κ3) is 7.15. The summed E-state index contributed by atoms with van der Waals surface area (Å²) >= 11 is 1.10. The lowest BCUT2D eigenvalue weighted by atomic mass is 10.1. The summed E-state index contributed by atoms with van der Waals surface area (Å²) in [5, 5.41) is 11.1. The van der Waals surface area contributed by atoms with Crippen LogP contribution in [0.1, 0.15) is 23.1 Å². The van der Waals surface area contributed by atoms with Crippen LogP contribution in [0, 0.1) is 0 Å². The zero-order valence-corrected chi connectivity index (χ0v) is 25.4. The number of para-hydroxylation sites is 2. The summed E-state index contributed by atoms with van der Waals surface area (Å²) in [7, 11) is -2.21. The number of rotatable bonds is 11. The molecule has 228 valence electrons. The van der Waals surface area contributed by atoms with Crippen LogP contribution in [-0.2, 0) is 37.4 Å². The van der Waals surface area contributed by atoms with E-state index in [0.29, 0.717) is 41.0 Å². The predicted molar refractivity (Wildman–Crippen MR) is 167 cm³/mol. The Morgan fingerprint density at radius 1 is 1.00 bits per heavy atom. The largest absolute Gasteiger partial charge is 0.496 e. The van der Waals surface area contributed by atoms with Crippen LogP contribution in [0.15, 0.2) is 87.7 Å². The zero-order valence-electron chi connectivity index (χ0n) is 23.7. The van der Waals surface area contributed by atoms with Crippen molar-refractivity contribution >= 4 is 56.2 Å². The van der Waals surface area contributed by atoms with E-state index in [1.807, 2.05) is 36.4 Å². The minimum Gasteiger partial charge on any atom is -0.496 e. The molecule has 2 aliphatic rings. The molecule has 14 heteroatoms. The van der Waals surface area contributed by atoms with E-state index in [2.05, 4.69) is 20.6 Å². The summed E-state index contributed by atoms with van der Waals surface area (Å²) in [6.45, 7) is 0.566. The highest BCUT2D eigenvalue weighted by molar-refractivity contribution is 8.14. The van der Waals surface area contributed by atoms with E-state index in [1.54, 1.807) is 31.4 Å². The van der Waals surface area contributed by atoms with E-state index < -0.39 is 22.0 Å². The molecule has 0 aliphatic carbocycles. The molecule has 4 N–H and O–H groups in total. The Bertz CT molecular complexity index is 1760. The van der Waals surface area contributed by atoms with E-state index in [0.717, 1.165) is 22.9 Å². The maximum Gasteiger partial charge on any atom is 0.259 e. The van der Waals surface area contributed by atoms with Gasteiger partial charge in [0.2, 0.25) is 21.8 Å². The summed E-state index contributed by atoms with van der Waals surface area (Å²) < 4.78 is 28.2. The smallest absolute Gasteiger partial charge is 0.259 e. The number of fused-ring (bicyclic) bond motifs is 3. The van der Waals surface area contributed by atoms with Gasteiger partial charge in [-0.25, -0.2) is 23.4 Å². The third-order valence-corrected chi connectivity index (χ3v) is 8.78. The van der Waals surface area contributed by atoms with Crippen molar-refractivity contribution in [2.24, 2.45) is 15.1 Å². The normalized spacial score (nSPS) is 15.5. The first-order chi connectivity index (χ1) is 21.1. The Kier molecular flexibility index (Phi) is 9.42. The van der Waals surface area contributed by atoms with Gasteiger partial charge in [-0.1, -0.05) is 54.2 Å².